The number of anilines is 1. The molecule has 0 spiro atoms. The van der Waals surface area contributed by atoms with Crippen molar-refractivity contribution in [3.63, 3.8) is 0 Å². The molecule has 1 aromatic carbocycles. The van der Waals surface area contributed by atoms with Crippen LogP contribution in [0.3, 0.4) is 0 Å². The summed E-state index contributed by atoms with van der Waals surface area (Å²) in [5.41, 5.74) is 3.22. The van der Waals surface area contributed by atoms with Crippen LogP contribution in [0.5, 0.6) is 0 Å². The average Bonchev–Trinajstić information content (AvgIpc) is 2.41. The molecule has 3 amide bonds. The summed E-state index contributed by atoms with van der Waals surface area (Å²) < 4.78 is 0. The summed E-state index contributed by atoms with van der Waals surface area (Å²) in [6.07, 6.45) is 0.516. The third kappa shape index (κ3) is 2.89. The number of rotatable bonds is 3. The Hall–Kier alpha value is -2.41. The van der Waals surface area contributed by atoms with Gasteiger partial charge in [0.1, 0.15) is 6.04 Å². The van der Waals surface area contributed by atoms with Gasteiger partial charge in [-0.2, -0.15) is 0 Å². The molecular weight excluding hydrogens is 248 g/mol. The molecule has 1 atom stereocenters. The second kappa shape index (κ2) is 5.49. The summed E-state index contributed by atoms with van der Waals surface area (Å²) in [6.45, 7) is 0. The van der Waals surface area contributed by atoms with Crippen LogP contribution in [0, 0.1) is 0 Å². The fourth-order valence-corrected chi connectivity index (χ4v) is 1.87. The lowest BCUT2D eigenvalue weighted by Gasteiger charge is -2.22. The topological polar surface area (TPSA) is 113 Å². The van der Waals surface area contributed by atoms with Gasteiger partial charge in [0.2, 0.25) is 11.8 Å². The van der Waals surface area contributed by atoms with Crippen LogP contribution in [-0.4, -0.2) is 23.8 Å². The first-order chi connectivity index (χ1) is 9.11. The molecule has 0 bridgehead atoms. The molecule has 0 saturated carbocycles. The second-order valence-electron chi connectivity index (χ2n) is 4.17. The number of imide groups is 1. The van der Waals surface area contributed by atoms with Crippen molar-refractivity contribution in [2.24, 2.45) is 5.84 Å². The standard InChI is InChI=1S/C12H14N4O3/c13-16-8-4-2-1-3-7(8)11(18)14-9-5-6-10(17)15-12(9)19/h1-4,9,16H,5-6,13H2,(H,14,18)(H,15,17,19). The van der Waals surface area contributed by atoms with Crippen LogP contribution in [0.2, 0.25) is 0 Å². The normalized spacial score (nSPS) is 18.7. The van der Waals surface area contributed by atoms with E-state index in [1.807, 2.05) is 0 Å². The first-order valence-corrected chi connectivity index (χ1v) is 5.82. The zero-order valence-corrected chi connectivity index (χ0v) is 10.1. The van der Waals surface area contributed by atoms with Gasteiger partial charge in [-0.3, -0.25) is 25.5 Å². The molecule has 1 aliphatic heterocycles. The predicted molar refractivity (Wildman–Crippen MR) is 67.9 cm³/mol. The number of hydrogen-bond donors (Lipinski definition) is 4. The van der Waals surface area contributed by atoms with Crippen LogP contribution in [0.1, 0.15) is 23.2 Å². The van der Waals surface area contributed by atoms with Crippen molar-refractivity contribution in [2.45, 2.75) is 18.9 Å². The number of carbonyl (C=O) groups excluding carboxylic acids is 3. The van der Waals surface area contributed by atoms with Gasteiger partial charge in [0, 0.05) is 6.42 Å². The maximum atomic E-state index is 12.0. The minimum absolute atomic E-state index is 0.216. The maximum absolute atomic E-state index is 12.0. The van der Waals surface area contributed by atoms with Crippen LogP contribution in [0.25, 0.3) is 0 Å². The van der Waals surface area contributed by atoms with E-state index in [-0.39, 0.29) is 12.3 Å². The molecule has 19 heavy (non-hydrogen) atoms. The Bertz CT molecular complexity index is 529. The lowest BCUT2D eigenvalue weighted by molar-refractivity contribution is -0.134. The molecule has 1 saturated heterocycles. The van der Waals surface area contributed by atoms with Gasteiger partial charge in [-0.25, -0.2) is 0 Å². The molecule has 0 radical (unpaired) electrons. The zero-order chi connectivity index (χ0) is 13.8. The lowest BCUT2D eigenvalue weighted by atomic mass is 10.1. The van der Waals surface area contributed by atoms with Crippen molar-refractivity contribution in [3.05, 3.63) is 29.8 Å². The number of hydrazine groups is 1. The van der Waals surface area contributed by atoms with Crippen LogP contribution in [0.4, 0.5) is 5.69 Å². The molecule has 7 heteroatoms. The van der Waals surface area contributed by atoms with E-state index in [0.717, 1.165) is 0 Å². The molecule has 1 heterocycles. The second-order valence-corrected chi connectivity index (χ2v) is 4.17. The van der Waals surface area contributed by atoms with Crippen LogP contribution >= 0.6 is 0 Å². The van der Waals surface area contributed by atoms with E-state index >= 15 is 0 Å². The van der Waals surface area contributed by atoms with E-state index in [0.29, 0.717) is 17.7 Å². The minimum atomic E-state index is -0.698. The van der Waals surface area contributed by atoms with E-state index in [4.69, 9.17) is 5.84 Å². The highest BCUT2D eigenvalue weighted by Crippen LogP contribution is 2.14. The maximum Gasteiger partial charge on any atom is 0.254 e. The third-order valence-electron chi connectivity index (χ3n) is 2.87. The van der Waals surface area contributed by atoms with E-state index in [1.165, 1.54) is 0 Å². The van der Waals surface area contributed by atoms with Gasteiger partial charge in [-0.1, -0.05) is 12.1 Å². The largest absolute Gasteiger partial charge is 0.340 e. The van der Waals surface area contributed by atoms with Gasteiger partial charge in [0.25, 0.3) is 5.91 Å². The summed E-state index contributed by atoms with van der Waals surface area (Å²) in [5.74, 6) is 4.10. The number of nitrogens with two attached hydrogens (primary N) is 1. The Morgan fingerprint density at radius 2 is 2.05 bits per heavy atom. The van der Waals surface area contributed by atoms with Crippen LogP contribution in [-0.2, 0) is 9.59 Å². The monoisotopic (exact) mass is 262 g/mol. The SMILES string of the molecule is NNc1ccccc1C(=O)NC1CCC(=O)NC1=O. The van der Waals surface area contributed by atoms with Crippen molar-refractivity contribution in [2.75, 3.05) is 5.43 Å². The van der Waals surface area contributed by atoms with E-state index in [1.54, 1.807) is 24.3 Å². The van der Waals surface area contributed by atoms with Gasteiger partial charge < -0.3 is 10.7 Å². The van der Waals surface area contributed by atoms with Gasteiger partial charge in [-0.15, -0.1) is 0 Å². The summed E-state index contributed by atoms with van der Waals surface area (Å²) in [5, 5.41) is 4.76. The number of nitrogen functional groups attached to an aromatic ring is 1. The molecule has 1 unspecified atom stereocenters. The molecule has 0 aliphatic carbocycles. The number of hydrogen-bond acceptors (Lipinski definition) is 5. The quantitative estimate of drug-likeness (QED) is 0.333. The minimum Gasteiger partial charge on any atom is -0.340 e. The van der Waals surface area contributed by atoms with Gasteiger partial charge >= 0.3 is 0 Å². The number of para-hydroxylation sites is 1. The van der Waals surface area contributed by atoms with Crippen LogP contribution < -0.4 is 21.9 Å². The van der Waals surface area contributed by atoms with E-state index < -0.39 is 17.9 Å². The molecule has 5 N–H and O–H groups in total. The molecule has 2 rings (SSSR count). The first kappa shape index (κ1) is 13.0. The molecule has 1 aromatic rings. The number of amides is 3. The van der Waals surface area contributed by atoms with Crippen molar-refractivity contribution in [1.82, 2.24) is 10.6 Å². The molecular formula is C12H14N4O3. The highest BCUT2D eigenvalue weighted by molar-refractivity contribution is 6.05. The summed E-state index contributed by atoms with van der Waals surface area (Å²) >= 11 is 0. The lowest BCUT2D eigenvalue weighted by Crippen LogP contribution is -2.52. The van der Waals surface area contributed by atoms with Crippen LogP contribution in [0.15, 0.2) is 24.3 Å². The Kier molecular flexibility index (Phi) is 3.76. The fraction of sp³-hybridized carbons (Fsp3) is 0.250. The zero-order valence-electron chi connectivity index (χ0n) is 10.1. The molecule has 100 valence electrons. The highest BCUT2D eigenvalue weighted by atomic mass is 16.2. The van der Waals surface area contributed by atoms with Gasteiger partial charge in [-0.05, 0) is 18.6 Å². The number of carbonyl (C=O) groups is 3. The molecule has 1 aliphatic rings. The summed E-state index contributed by atoms with van der Waals surface area (Å²) in [6, 6.07) is 5.98. The number of benzene rings is 1. The Morgan fingerprint density at radius 1 is 1.32 bits per heavy atom. The smallest absolute Gasteiger partial charge is 0.254 e. The van der Waals surface area contributed by atoms with Crippen molar-refractivity contribution in [1.29, 1.82) is 0 Å². The highest BCUT2D eigenvalue weighted by Gasteiger charge is 2.28. The average molecular weight is 262 g/mol. The summed E-state index contributed by atoms with van der Waals surface area (Å²) in [7, 11) is 0. The Balaban J connectivity index is 2.09. The summed E-state index contributed by atoms with van der Waals surface area (Å²) in [4.78, 5) is 34.6. The fourth-order valence-electron chi connectivity index (χ4n) is 1.87. The molecule has 0 aromatic heterocycles. The van der Waals surface area contributed by atoms with E-state index in [9.17, 15) is 14.4 Å². The predicted octanol–water partition coefficient (Wildman–Crippen LogP) is -0.493. The number of piperidine rings is 1. The van der Waals surface area contributed by atoms with Crippen molar-refractivity contribution >= 4 is 23.4 Å². The van der Waals surface area contributed by atoms with Crippen molar-refractivity contribution in [3.8, 4) is 0 Å². The molecule has 7 nitrogen and oxygen atoms in total. The number of nitrogens with one attached hydrogen (secondary N) is 3. The molecule has 1 fully saturated rings. The Labute approximate surface area is 109 Å². The van der Waals surface area contributed by atoms with Gasteiger partial charge in [0.05, 0.1) is 11.3 Å². The first-order valence-electron chi connectivity index (χ1n) is 5.82. The third-order valence-corrected chi connectivity index (χ3v) is 2.87. The Morgan fingerprint density at radius 3 is 2.74 bits per heavy atom. The van der Waals surface area contributed by atoms with E-state index in [2.05, 4.69) is 16.1 Å². The van der Waals surface area contributed by atoms with Gasteiger partial charge in [0.15, 0.2) is 0 Å². The van der Waals surface area contributed by atoms with Crippen molar-refractivity contribution < 1.29 is 14.4 Å².